The van der Waals surface area contributed by atoms with Crippen molar-refractivity contribution in [1.29, 1.82) is 0 Å². The minimum atomic E-state index is 0.241. The van der Waals surface area contributed by atoms with Crippen LogP contribution in [0.4, 0.5) is 0 Å². The van der Waals surface area contributed by atoms with E-state index in [1.807, 2.05) is 36.9 Å². The summed E-state index contributed by atoms with van der Waals surface area (Å²) < 4.78 is 13.5. The van der Waals surface area contributed by atoms with E-state index >= 15 is 0 Å². The van der Waals surface area contributed by atoms with Gasteiger partial charge in [-0.3, -0.25) is 4.90 Å². The Morgan fingerprint density at radius 3 is 2.54 bits per heavy atom. The van der Waals surface area contributed by atoms with E-state index < -0.39 is 0 Å². The van der Waals surface area contributed by atoms with Gasteiger partial charge in [-0.05, 0) is 19.2 Å². The molecule has 2 saturated heterocycles. The van der Waals surface area contributed by atoms with E-state index in [0.717, 1.165) is 44.2 Å². The molecule has 2 atom stereocenters. The molecule has 0 bridgehead atoms. The summed E-state index contributed by atoms with van der Waals surface area (Å²) in [5.74, 6) is 2.11. The van der Waals surface area contributed by atoms with E-state index in [-0.39, 0.29) is 6.04 Å². The van der Waals surface area contributed by atoms with E-state index in [0.29, 0.717) is 24.2 Å². The summed E-state index contributed by atoms with van der Waals surface area (Å²) in [4.78, 5) is 18.4. The first-order chi connectivity index (χ1) is 13.8. The lowest BCUT2D eigenvalue weighted by molar-refractivity contribution is 0.0889. The molecule has 2 fully saturated rings. The Morgan fingerprint density at radius 2 is 1.79 bits per heavy atom. The van der Waals surface area contributed by atoms with Crippen LogP contribution in [0.2, 0.25) is 0 Å². The number of piperazine rings is 1. The summed E-state index contributed by atoms with van der Waals surface area (Å²) in [6, 6.07) is 4.29. The highest BCUT2D eigenvalue weighted by atomic mass is 16.5. The van der Waals surface area contributed by atoms with Crippen LogP contribution in [0.25, 0.3) is 23.0 Å². The SMILES string of the molecule is CN1CCN([C@@H]2COC[C@H]2n2ccnc2-c2cnc(-c3ccco3)nc2)CC1. The lowest BCUT2D eigenvalue weighted by Gasteiger charge is -2.38. The predicted octanol–water partition coefficient (Wildman–Crippen LogP) is 1.79. The number of nitrogens with zero attached hydrogens (tertiary/aromatic N) is 6. The second-order valence-corrected chi connectivity index (χ2v) is 7.44. The average Bonchev–Trinajstić information content (AvgIpc) is 3.49. The fourth-order valence-corrected chi connectivity index (χ4v) is 4.08. The molecule has 0 aliphatic carbocycles. The van der Waals surface area contributed by atoms with E-state index in [1.165, 1.54) is 0 Å². The number of likely N-dealkylation sites (N-methyl/N-ethyl adjacent to an activating group) is 1. The van der Waals surface area contributed by atoms with Crippen molar-refractivity contribution < 1.29 is 9.15 Å². The van der Waals surface area contributed by atoms with Gasteiger partial charge in [0.05, 0.1) is 37.1 Å². The molecule has 8 nitrogen and oxygen atoms in total. The number of furan rings is 1. The third-order valence-electron chi connectivity index (χ3n) is 5.71. The molecule has 3 aromatic heterocycles. The zero-order valence-corrected chi connectivity index (χ0v) is 15.9. The normalized spacial score (nSPS) is 24.0. The standard InChI is InChI=1S/C20H24N6O2/c1-24-6-8-25(9-7-24)16-13-27-14-17(16)26-5-4-21-20(26)15-11-22-19(23-12-15)18-3-2-10-28-18/h2-5,10-12,16-17H,6-9,13-14H2,1H3/t16-,17-/m1/s1. The molecule has 5 heterocycles. The molecule has 0 saturated carbocycles. The van der Waals surface area contributed by atoms with Gasteiger partial charge in [-0.2, -0.15) is 0 Å². The van der Waals surface area contributed by atoms with Crippen molar-refractivity contribution in [3.05, 3.63) is 43.2 Å². The molecule has 0 spiro atoms. The van der Waals surface area contributed by atoms with Gasteiger partial charge in [0.25, 0.3) is 0 Å². The van der Waals surface area contributed by atoms with Crippen LogP contribution in [-0.4, -0.2) is 81.8 Å². The zero-order valence-electron chi connectivity index (χ0n) is 15.9. The molecule has 0 radical (unpaired) electrons. The maximum atomic E-state index is 5.89. The van der Waals surface area contributed by atoms with Gasteiger partial charge in [0.1, 0.15) is 5.82 Å². The first-order valence-electron chi connectivity index (χ1n) is 9.69. The maximum Gasteiger partial charge on any atom is 0.195 e. The third kappa shape index (κ3) is 3.23. The van der Waals surface area contributed by atoms with Crippen molar-refractivity contribution in [1.82, 2.24) is 29.3 Å². The minimum absolute atomic E-state index is 0.241. The van der Waals surface area contributed by atoms with Crippen LogP contribution in [0, 0.1) is 0 Å². The molecule has 0 N–H and O–H groups in total. The number of rotatable bonds is 4. The lowest BCUT2D eigenvalue weighted by atomic mass is 10.1. The van der Waals surface area contributed by atoms with Gasteiger partial charge in [-0.25, -0.2) is 15.0 Å². The summed E-state index contributed by atoms with van der Waals surface area (Å²) in [7, 11) is 2.18. The van der Waals surface area contributed by atoms with Crippen LogP contribution in [0.3, 0.4) is 0 Å². The van der Waals surface area contributed by atoms with Gasteiger partial charge >= 0.3 is 0 Å². The first-order valence-corrected chi connectivity index (χ1v) is 9.69. The van der Waals surface area contributed by atoms with E-state index in [2.05, 4.69) is 36.4 Å². The van der Waals surface area contributed by atoms with E-state index in [9.17, 15) is 0 Å². The summed E-state index contributed by atoms with van der Waals surface area (Å²) >= 11 is 0. The van der Waals surface area contributed by atoms with Crippen molar-refractivity contribution in [2.24, 2.45) is 0 Å². The van der Waals surface area contributed by atoms with Crippen molar-refractivity contribution in [2.75, 3.05) is 46.4 Å². The number of hydrogen-bond donors (Lipinski definition) is 0. The van der Waals surface area contributed by atoms with Crippen LogP contribution in [-0.2, 0) is 4.74 Å². The first kappa shape index (κ1) is 17.5. The quantitative estimate of drug-likeness (QED) is 0.683. The highest BCUT2D eigenvalue weighted by Gasteiger charge is 2.36. The van der Waals surface area contributed by atoms with Gasteiger partial charge in [0, 0.05) is 51.0 Å². The molecular formula is C20H24N6O2. The Balaban J connectivity index is 1.39. The topological polar surface area (TPSA) is 72.5 Å². The van der Waals surface area contributed by atoms with Crippen molar-refractivity contribution >= 4 is 0 Å². The molecule has 2 aliphatic heterocycles. The van der Waals surface area contributed by atoms with E-state index in [4.69, 9.17) is 9.15 Å². The average molecular weight is 380 g/mol. The highest BCUT2D eigenvalue weighted by molar-refractivity contribution is 5.56. The largest absolute Gasteiger partial charge is 0.461 e. The van der Waals surface area contributed by atoms with Crippen molar-refractivity contribution in [3.8, 4) is 23.0 Å². The molecule has 5 rings (SSSR count). The Labute approximate surface area is 163 Å². The fourth-order valence-electron chi connectivity index (χ4n) is 4.08. The summed E-state index contributed by atoms with van der Waals surface area (Å²) in [6.07, 6.45) is 9.12. The highest BCUT2D eigenvalue weighted by Crippen LogP contribution is 2.30. The van der Waals surface area contributed by atoms with E-state index in [1.54, 1.807) is 6.26 Å². The molecule has 8 heteroatoms. The van der Waals surface area contributed by atoms with Gasteiger partial charge in [0.2, 0.25) is 0 Å². The molecule has 0 aromatic carbocycles. The Hall–Kier alpha value is -2.55. The molecule has 146 valence electrons. The van der Waals surface area contributed by atoms with Gasteiger partial charge < -0.3 is 18.6 Å². The van der Waals surface area contributed by atoms with Crippen LogP contribution >= 0.6 is 0 Å². The second-order valence-electron chi connectivity index (χ2n) is 7.44. The monoisotopic (exact) mass is 380 g/mol. The van der Waals surface area contributed by atoms with Crippen molar-refractivity contribution in [3.63, 3.8) is 0 Å². The lowest BCUT2D eigenvalue weighted by Crippen LogP contribution is -2.51. The van der Waals surface area contributed by atoms with Gasteiger partial charge in [-0.1, -0.05) is 0 Å². The van der Waals surface area contributed by atoms with Crippen LogP contribution in [0.1, 0.15) is 6.04 Å². The third-order valence-corrected chi connectivity index (χ3v) is 5.71. The van der Waals surface area contributed by atoms with Gasteiger partial charge in [0.15, 0.2) is 11.6 Å². The molecular weight excluding hydrogens is 356 g/mol. The fraction of sp³-hybridized carbons (Fsp3) is 0.450. The van der Waals surface area contributed by atoms with Gasteiger partial charge in [-0.15, -0.1) is 0 Å². The number of hydrogen-bond acceptors (Lipinski definition) is 7. The molecule has 3 aromatic rings. The Kier molecular flexibility index (Phi) is 4.67. The zero-order chi connectivity index (χ0) is 18.9. The second kappa shape index (κ2) is 7.46. The van der Waals surface area contributed by atoms with Crippen molar-refractivity contribution in [2.45, 2.75) is 12.1 Å². The predicted molar refractivity (Wildman–Crippen MR) is 104 cm³/mol. The smallest absolute Gasteiger partial charge is 0.195 e. The number of aromatic nitrogens is 4. The van der Waals surface area contributed by atoms with Crippen LogP contribution < -0.4 is 0 Å². The summed E-state index contributed by atoms with van der Waals surface area (Å²) in [5.41, 5.74) is 0.893. The van der Waals surface area contributed by atoms with Crippen LogP contribution in [0.5, 0.6) is 0 Å². The summed E-state index contributed by atoms with van der Waals surface area (Å²) in [6.45, 7) is 5.81. The molecule has 0 unspecified atom stereocenters. The molecule has 0 amide bonds. The number of imidazole rings is 1. The van der Waals surface area contributed by atoms with Crippen LogP contribution in [0.15, 0.2) is 47.6 Å². The minimum Gasteiger partial charge on any atom is -0.461 e. The maximum absolute atomic E-state index is 5.89. The summed E-state index contributed by atoms with van der Waals surface area (Å²) in [5, 5.41) is 0. The Morgan fingerprint density at radius 1 is 1.00 bits per heavy atom. The number of ether oxygens (including phenoxy) is 1. The molecule has 2 aliphatic rings. The Bertz CT molecular complexity index is 899. The molecule has 28 heavy (non-hydrogen) atoms.